The summed E-state index contributed by atoms with van der Waals surface area (Å²) in [5.74, 6) is -2.64. The van der Waals surface area contributed by atoms with E-state index in [9.17, 15) is 23.1 Å². The zero-order valence-corrected chi connectivity index (χ0v) is 24.5. The van der Waals surface area contributed by atoms with Gasteiger partial charge in [-0.15, -0.1) is 10.2 Å². The van der Waals surface area contributed by atoms with Crippen LogP contribution in [0.5, 0.6) is 0 Å². The molecule has 0 fully saturated rings. The quantitative estimate of drug-likeness (QED) is 0.442. The van der Waals surface area contributed by atoms with Crippen molar-refractivity contribution in [1.82, 2.24) is 25.5 Å². The first-order valence-electron chi connectivity index (χ1n) is 12.9. The highest BCUT2D eigenvalue weighted by Crippen LogP contribution is 2.36. The molecule has 4 rings (SSSR count). The number of alkyl carbamates (subject to hydrolysis) is 1. The molecule has 41 heavy (non-hydrogen) atoms. The molecular formula is C27H33FN6O6S. The van der Waals surface area contributed by atoms with Gasteiger partial charge >= 0.3 is 6.09 Å². The van der Waals surface area contributed by atoms with E-state index in [0.717, 1.165) is 16.4 Å². The fraction of sp³-hybridized carbons (Fsp3) is 0.444. The highest BCUT2D eigenvalue weighted by atomic mass is 32.2. The van der Waals surface area contributed by atoms with Crippen LogP contribution in [-0.4, -0.2) is 68.7 Å². The van der Waals surface area contributed by atoms with Crippen molar-refractivity contribution in [2.24, 2.45) is 0 Å². The van der Waals surface area contributed by atoms with E-state index < -0.39 is 55.5 Å². The number of aromatic nitrogens is 4. The number of benzene rings is 2. The summed E-state index contributed by atoms with van der Waals surface area (Å²) in [6, 6.07) is 7.75. The Hall–Kier alpha value is -3.91. The molecule has 220 valence electrons. The lowest BCUT2D eigenvalue weighted by atomic mass is 10.1. The first-order valence-corrected chi connectivity index (χ1v) is 14.5. The minimum absolute atomic E-state index is 0.0308. The maximum Gasteiger partial charge on any atom is 0.408 e. The van der Waals surface area contributed by atoms with Crippen LogP contribution in [-0.2, 0) is 32.5 Å². The van der Waals surface area contributed by atoms with E-state index >= 15 is 4.39 Å². The lowest BCUT2D eigenvalue weighted by molar-refractivity contribution is -0.120. The standard InChI is InChI=1S/C27H33FN6O6S/c1-16-7-9-17(10-8-16)13-33-21-11-18(23-30-32-34(31-23)15-27(5,6)37)19(28)12-22(21)41(38,39)14-20(24(33)35)29-25(36)40-26(2,3)4/h7-12,20,37H,13-15H2,1-6H3,(H,29,36)/t20-/m0/s1. The molecule has 0 radical (unpaired) electrons. The molecule has 0 spiro atoms. The molecule has 1 atom stereocenters. The molecule has 0 saturated heterocycles. The Kier molecular flexibility index (Phi) is 7.93. The number of carbonyl (C=O) groups excluding carboxylic acids is 2. The number of anilines is 1. The van der Waals surface area contributed by atoms with Gasteiger partial charge in [-0.1, -0.05) is 29.8 Å². The highest BCUT2D eigenvalue weighted by Gasteiger charge is 2.40. The molecule has 1 aliphatic rings. The van der Waals surface area contributed by atoms with E-state index in [1.54, 1.807) is 46.8 Å². The Morgan fingerprint density at radius 2 is 1.83 bits per heavy atom. The number of hydrogen-bond donors (Lipinski definition) is 2. The highest BCUT2D eigenvalue weighted by molar-refractivity contribution is 7.91. The van der Waals surface area contributed by atoms with Gasteiger partial charge in [0.25, 0.3) is 5.91 Å². The molecule has 0 unspecified atom stereocenters. The number of hydrogen-bond acceptors (Lipinski definition) is 9. The van der Waals surface area contributed by atoms with Gasteiger partial charge in [-0.2, -0.15) is 4.80 Å². The van der Waals surface area contributed by atoms with Crippen LogP contribution in [0.25, 0.3) is 11.4 Å². The molecule has 0 bridgehead atoms. The number of rotatable bonds is 6. The monoisotopic (exact) mass is 588 g/mol. The number of nitrogens with zero attached hydrogens (tertiary/aromatic N) is 5. The smallest absolute Gasteiger partial charge is 0.408 e. The third-order valence-corrected chi connectivity index (χ3v) is 7.77. The van der Waals surface area contributed by atoms with Crippen molar-refractivity contribution in [2.75, 3.05) is 10.7 Å². The van der Waals surface area contributed by atoms with Gasteiger partial charge in [0.2, 0.25) is 5.82 Å². The fourth-order valence-electron chi connectivity index (χ4n) is 4.22. The number of amides is 2. The number of aliphatic hydroxyl groups is 1. The molecule has 0 saturated carbocycles. The molecule has 1 aromatic heterocycles. The second-order valence-corrected chi connectivity index (χ2v) is 13.6. The van der Waals surface area contributed by atoms with Crippen LogP contribution >= 0.6 is 0 Å². The van der Waals surface area contributed by atoms with E-state index in [-0.39, 0.29) is 30.2 Å². The summed E-state index contributed by atoms with van der Waals surface area (Å²) in [5, 5.41) is 24.3. The third kappa shape index (κ3) is 7.24. The van der Waals surface area contributed by atoms with Crippen molar-refractivity contribution >= 4 is 27.5 Å². The van der Waals surface area contributed by atoms with Crippen molar-refractivity contribution in [2.45, 2.75) is 76.8 Å². The van der Waals surface area contributed by atoms with Gasteiger partial charge in [0.15, 0.2) is 9.84 Å². The Balaban J connectivity index is 1.83. The summed E-state index contributed by atoms with van der Waals surface area (Å²) in [6.07, 6.45) is -0.966. The molecule has 2 N–H and O–H groups in total. The second-order valence-electron chi connectivity index (χ2n) is 11.6. The molecule has 2 amide bonds. The van der Waals surface area contributed by atoms with E-state index in [0.29, 0.717) is 5.56 Å². The number of aryl methyl sites for hydroxylation is 1. The van der Waals surface area contributed by atoms with Crippen LogP contribution in [0.2, 0.25) is 0 Å². The number of halogens is 1. The molecule has 12 nitrogen and oxygen atoms in total. The van der Waals surface area contributed by atoms with Gasteiger partial charge < -0.3 is 20.1 Å². The van der Waals surface area contributed by atoms with Crippen LogP contribution in [0, 0.1) is 12.7 Å². The maximum atomic E-state index is 15.5. The van der Waals surface area contributed by atoms with Crippen molar-refractivity contribution < 1.29 is 32.2 Å². The first-order chi connectivity index (χ1) is 18.9. The summed E-state index contributed by atoms with van der Waals surface area (Å²) in [7, 11) is -4.29. The Bertz CT molecular complexity index is 1570. The molecule has 0 aliphatic carbocycles. The van der Waals surface area contributed by atoms with Gasteiger partial charge in [-0.3, -0.25) is 4.79 Å². The lowest BCUT2D eigenvalue weighted by Gasteiger charge is -2.27. The number of nitrogens with one attached hydrogen (secondary N) is 1. The minimum Gasteiger partial charge on any atom is -0.444 e. The van der Waals surface area contributed by atoms with Crippen LogP contribution in [0.4, 0.5) is 14.9 Å². The van der Waals surface area contributed by atoms with E-state index in [2.05, 4.69) is 20.7 Å². The van der Waals surface area contributed by atoms with Gasteiger partial charge in [-0.25, -0.2) is 17.6 Å². The molecule has 2 aromatic carbocycles. The zero-order valence-electron chi connectivity index (χ0n) is 23.7. The molecular weight excluding hydrogens is 555 g/mol. The summed E-state index contributed by atoms with van der Waals surface area (Å²) in [4.78, 5) is 28.3. The Morgan fingerprint density at radius 1 is 1.17 bits per heavy atom. The second kappa shape index (κ2) is 10.8. The Labute approximate surface area is 237 Å². The number of fused-ring (bicyclic) bond motifs is 1. The third-order valence-electron chi connectivity index (χ3n) is 6.00. The number of sulfone groups is 1. The van der Waals surface area contributed by atoms with Crippen molar-refractivity contribution in [1.29, 1.82) is 0 Å². The molecule has 14 heteroatoms. The van der Waals surface area contributed by atoms with E-state index in [4.69, 9.17) is 4.74 Å². The van der Waals surface area contributed by atoms with Crippen LogP contribution in [0.1, 0.15) is 45.7 Å². The van der Waals surface area contributed by atoms with Crippen LogP contribution in [0.3, 0.4) is 0 Å². The summed E-state index contributed by atoms with van der Waals surface area (Å²) in [6.45, 7) is 9.78. The lowest BCUT2D eigenvalue weighted by Crippen LogP contribution is -2.51. The average Bonchev–Trinajstić information content (AvgIpc) is 3.25. The topological polar surface area (TPSA) is 157 Å². The van der Waals surface area contributed by atoms with Crippen LogP contribution in [0.15, 0.2) is 41.3 Å². The molecule has 2 heterocycles. The normalized spacial score (nSPS) is 17.1. The van der Waals surface area contributed by atoms with Crippen LogP contribution < -0.4 is 10.2 Å². The Morgan fingerprint density at radius 3 is 2.44 bits per heavy atom. The molecule has 3 aromatic rings. The van der Waals surface area contributed by atoms with Gasteiger partial charge in [0.1, 0.15) is 17.5 Å². The van der Waals surface area contributed by atoms with Gasteiger partial charge in [-0.05, 0) is 64.5 Å². The SMILES string of the molecule is Cc1ccc(CN2C(=O)[C@@H](NC(=O)OC(C)(C)C)CS(=O)(=O)c3cc(F)c(-c4nnn(CC(C)(C)O)n4)cc32)cc1. The summed E-state index contributed by atoms with van der Waals surface area (Å²) >= 11 is 0. The maximum absolute atomic E-state index is 15.5. The molecule has 1 aliphatic heterocycles. The fourth-order valence-corrected chi connectivity index (χ4v) is 5.83. The average molecular weight is 589 g/mol. The number of carbonyl (C=O) groups is 2. The largest absolute Gasteiger partial charge is 0.444 e. The van der Waals surface area contributed by atoms with Gasteiger partial charge in [0.05, 0.1) is 40.6 Å². The van der Waals surface area contributed by atoms with Crippen molar-refractivity contribution in [3.05, 3.63) is 53.3 Å². The van der Waals surface area contributed by atoms with E-state index in [1.165, 1.54) is 11.0 Å². The number of ether oxygens (including phenoxy) is 1. The zero-order chi connectivity index (χ0) is 30.3. The summed E-state index contributed by atoms with van der Waals surface area (Å²) < 4.78 is 47.7. The predicted octanol–water partition coefficient (Wildman–Crippen LogP) is 2.77. The predicted molar refractivity (Wildman–Crippen MR) is 147 cm³/mol. The van der Waals surface area contributed by atoms with Crippen molar-refractivity contribution in [3.63, 3.8) is 0 Å². The van der Waals surface area contributed by atoms with Crippen molar-refractivity contribution in [3.8, 4) is 11.4 Å². The first kappa shape index (κ1) is 30.1. The number of tetrazole rings is 1. The van der Waals surface area contributed by atoms with E-state index in [1.807, 2.05) is 19.1 Å². The minimum atomic E-state index is -4.29. The van der Waals surface area contributed by atoms with Gasteiger partial charge in [0, 0.05) is 0 Å². The summed E-state index contributed by atoms with van der Waals surface area (Å²) in [5.41, 5.74) is -0.709.